The fraction of sp³-hybridized carbons (Fsp3) is 0.0667. The van der Waals surface area contributed by atoms with E-state index in [1.165, 1.54) is 30.5 Å². The standard InChI is InChI=1S/C15H13N3O5/c19-15(22-11-12-5-2-1-3-6-12)17-16-10-4-7-13-8-9-14(23-13)18(20)21/h1-10H,11H2,(H,17,19)/b7-4+,16-10+. The van der Waals surface area contributed by atoms with Gasteiger partial charge in [0.1, 0.15) is 17.3 Å². The van der Waals surface area contributed by atoms with Crippen molar-refractivity contribution in [3.63, 3.8) is 0 Å². The van der Waals surface area contributed by atoms with Gasteiger partial charge in [-0.15, -0.1) is 0 Å². The van der Waals surface area contributed by atoms with E-state index in [0.29, 0.717) is 5.76 Å². The van der Waals surface area contributed by atoms with Crippen LogP contribution in [-0.2, 0) is 11.3 Å². The zero-order valence-electron chi connectivity index (χ0n) is 11.9. The van der Waals surface area contributed by atoms with Crippen molar-refractivity contribution in [2.75, 3.05) is 0 Å². The van der Waals surface area contributed by atoms with Gasteiger partial charge in [-0.2, -0.15) is 5.10 Å². The summed E-state index contributed by atoms with van der Waals surface area (Å²) in [5.41, 5.74) is 3.05. The van der Waals surface area contributed by atoms with E-state index in [4.69, 9.17) is 9.15 Å². The number of nitrogens with zero attached hydrogens (tertiary/aromatic N) is 2. The summed E-state index contributed by atoms with van der Waals surface area (Å²) in [5, 5.41) is 14.1. The molecule has 2 rings (SSSR count). The van der Waals surface area contributed by atoms with E-state index in [9.17, 15) is 14.9 Å². The molecule has 0 aliphatic carbocycles. The number of rotatable bonds is 6. The quantitative estimate of drug-likeness (QED) is 0.500. The van der Waals surface area contributed by atoms with Crippen molar-refractivity contribution in [3.8, 4) is 0 Å². The van der Waals surface area contributed by atoms with Crippen LogP contribution in [0.4, 0.5) is 10.7 Å². The van der Waals surface area contributed by atoms with Crippen molar-refractivity contribution < 1.29 is 18.9 Å². The van der Waals surface area contributed by atoms with Crippen LogP contribution in [-0.4, -0.2) is 17.2 Å². The number of hydrogen-bond donors (Lipinski definition) is 1. The molecule has 0 radical (unpaired) electrons. The van der Waals surface area contributed by atoms with E-state index in [0.717, 1.165) is 5.56 Å². The maximum absolute atomic E-state index is 11.4. The van der Waals surface area contributed by atoms with Crippen molar-refractivity contribution in [1.82, 2.24) is 5.43 Å². The van der Waals surface area contributed by atoms with Gasteiger partial charge in [-0.25, -0.2) is 10.2 Å². The predicted molar refractivity (Wildman–Crippen MR) is 82.7 cm³/mol. The highest BCUT2D eigenvalue weighted by Crippen LogP contribution is 2.16. The van der Waals surface area contributed by atoms with E-state index < -0.39 is 11.0 Å². The lowest BCUT2D eigenvalue weighted by Gasteiger charge is -2.02. The maximum Gasteiger partial charge on any atom is 0.433 e. The van der Waals surface area contributed by atoms with Crippen molar-refractivity contribution in [1.29, 1.82) is 0 Å². The summed E-state index contributed by atoms with van der Waals surface area (Å²) in [6, 6.07) is 11.9. The molecule has 0 aliphatic heterocycles. The molecule has 0 saturated heterocycles. The molecular formula is C15H13N3O5. The van der Waals surface area contributed by atoms with E-state index in [-0.39, 0.29) is 12.5 Å². The normalized spacial score (nSPS) is 11.0. The minimum atomic E-state index is -0.688. The first-order valence-corrected chi connectivity index (χ1v) is 6.56. The Morgan fingerprint density at radius 3 is 2.78 bits per heavy atom. The Labute approximate surface area is 131 Å². The molecule has 0 saturated carbocycles. The Balaban J connectivity index is 1.72. The lowest BCUT2D eigenvalue weighted by atomic mass is 10.2. The van der Waals surface area contributed by atoms with Gasteiger partial charge in [0.15, 0.2) is 0 Å². The molecule has 1 heterocycles. The molecule has 8 nitrogen and oxygen atoms in total. The molecule has 1 N–H and O–H groups in total. The molecular weight excluding hydrogens is 302 g/mol. The monoisotopic (exact) mass is 315 g/mol. The third-order valence-corrected chi connectivity index (χ3v) is 2.58. The van der Waals surface area contributed by atoms with Gasteiger partial charge in [-0.05, 0) is 23.8 Å². The minimum absolute atomic E-state index is 0.147. The summed E-state index contributed by atoms with van der Waals surface area (Å²) in [6.45, 7) is 0.147. The van der Waals surface area contributed by atoms with Gasteiger partial charge in [-0.3, -0.25) is 10.1 Å². The summed E-state index contributed by atoms with van der Waals surface area (Å²) in [7, 11) is 0. The molecule has 0 fully saturated rings. The van der Waals surface area contributed by atoms with Crippen molar-refractivity contribution in [3.05, 3.63) is 70.0 Å². The predicted octanol–water partition coefficient (Wildman–Crippen LogP) is 3.11. The van der Waals surface area contributed by atoms with Crippen molar-refractivity contribution >= 4 is 24.3 Å². The number of amides is 1. The fourth-order valence-corrected chi connectivity index (χ4v) is 1.56. The molecule has 0 spiro atoms. The van der Waals surface area contributed by atoms with Crippen LogP contribution in [0.1, 0.15) is 11.3 Å². The van der Waals surface area contributed by atoms with Gasteiger partial charge in [0.2, 0.25) is 0 Å². The van der Waals surface area contributed by atoms with Gasteiger partial charge in [0.05, 0.1) is 6.07 Å². The van der Waals surface area contributed by atoms with Crippen LogP contribution in [0, 0.1) is 10.1 Å². The van der Waals surface area contributed by atoms with Crippen LogP contribution in [0.15, 0.2) is 58.1 Å². The third kappa shape index (κ3) is 5.46. The molecule has 23 heavy (non-hydrogen) atoms. The van der Waals surface area contributed by atoms with E-state index in [2.05, 4.69) is 10.5 Å². The minimum Gasteiger partial charge on any atom is -0.443 e. The molecule has 0 bridgehead atoms. The number of allylic oxidation sites excluding steroid dienone is 1. The smallest absolute Gasteiger partial charge is 0.433 e. The zero-order valence-corrected chi connectivity index (χ0v) is 11.9. The first kappa shape index (κ1) is 16.0. The van der Waals surface area contributed by atoms with Crippen molar-refractivity contribution in [2.24, 2.45) is 5.10 Å². The number of furan rings is 1. The summed E-state index contributed by atoms with van der Waals surface area (Å²) < 4.78 is 9.84. The van der Waals surface area contributed by atoms with Crippen LogP contribution < -0.4 is 5.43 Å². The number of nitrogens with one attached hydrogen (secondary N) is 1. The average Bonchev–Trinajstić information content (AvgIpc) is 3.03. The highest BCUT2D eigenvalue weighted by molar-refractivity contribution is 5.78. The largest absolute Gasteiger partial charge is 0.443 e. The van der Waals surface area contributed by atoms with Gasteiger partial charge < -0.3 is 9.15 Å². The number of carbonyl (C=O) groups is 1. The molecule has 0 unspecified atom stereocenters. The lowest BCUT2D eigenvalue weighted by Crippen LogP contribution is -2.18. The van der Waals surface area contributed by atoms with Gasteiger partial charge in [0.25, 0.3) is 0 Å². The third-order valence-electron chi connectivity index (χ3n) is 2.58. The van der Waals surface area contributed by atoms with Gasteiger partial charge in [-0.1, -0.05) is 30.3 Å². The highest BCUT2D eigenvalue weighted by Gasteiger charge is 2.09. The molecule has 0 atom stereocenters. The number of hydrogen-bond acceptors (Lipinski definition) is 6. The number of carbonyl (C=O) groups excluding carboxylic acids is 1. The van der Waals surface area contributed by atoms with Crippen LogP contribution >= 0.6 is 0 Å². The van der Waals surface area contributed by atoms with Gasteiger partial charge in [0, 0.05) is 6.21 Å². The Bertz CT molecular complexity index is 722. The summed E-state index contributed by atoms with van der Waals surface area (Å²) >= 11 is 0. The van der Waals surface area contributed by atoms with Crippen LogP contribution in [0.3, 0.4) is 0 Å². The molecule has 0 aliphatic rings. The highest BCUT2D eigenvalue weighted by atomic mass is 16.6. The summed E-state index contributed by atoms with van der Waals surface area (Å²) in [6.07, 6.45) is 3.53. The fourth-order valence-electron chi connectivity index (χ4n) is 1.56. The summed E-state index contributed by atoms with van der Waals surface area (Å²) in [5.74, 6) is -0.0426. The number of benzene rings is 1. The van der Waals surface area contributed by atoms with Crippen LogP contribution in [0.5, 0.6) is 0 Å². The van der Waals surface area contributed by atoms with Crippen LogP contribution in [0.25, 0.3) is 6.08 Å². The Kier molecular flexibility index (Phi) is 5.64. The molecule has 118 valence electrons. The Morgan fingerprint density at radius 2 is 2.09 bits per heavy atom. The molecule has 1 amide bonds. The summed E-state index contributed by atoms with van der Waals surface area (Å²) in [4.78, 5) is 21.2. The number of ether oxygens (including phenoxy) is 1. The second kappa shape index (κ2) is 8.13. The van der Waals surface area contributed by atoms with Crippen molar-refractivity contribution in [2.45, 2.75) is 6.61 Å². The molecule has 2 aromatic rings. The van der Waals surface area contributed by atoms with E-state index >= 15 is 0 Å². The molecule has 8 heteroatoms. The Hall–Kier alpha value is -3.42. The average molecular weight is 315 g/mol. The maximum atomic E-state index is 11.4. The molecule has 1 aromatic heterocycles. The number of hydrazone groups is 1. The van der Waals surface area contributed by atoms with Gasteiger partial charge >= 0.3 is 12.0 Å². The number of nitro groups is 1. The Morgan fingerprint density at radius 1 is 1.30 bits per heavy atom. The SMILES string of the molecule is O=C(N/N=C/C=C/c1ccc([N+](=O)[O-])o1)OCc1ccccc1. The second-order valence-corrected chi connectivity index (χ2v) is 4.24. The van der Waals surface area contributed by atoms with E-state index in [1.54, 1.807) is 0 Å². The topological polar surface area (TPSA) is 107 Å². The second-order valence-electron chi connectivity index (χ2n) is 4.24. The zero-order chi connectivity index (χ0) is 16.5. The van der Waals surface area contributed by atoms with Crippen LogP contribution in [0.2, 0.25) is 0 Å². The molecule has 1 aromatic carbocycles. The first-order chi connectivity index (χ1) is 11.1. The lowest BCUT2D eigenvalue weighted by molar-refractivity contribution is -0.402. The first-order valence-electron chi connectivity index (χ1n) is 6.56. The van der Waals surface area contributed by atoms with E-state index in [1.807, 2.05) is 30.3 Å².